The normalized spacial score (nSPS) is 15.1. The van der Waals surface area contributed by atoms with Gasteiger partial charge < -0.3 is 9.72 Å². The molecular weight excluding hydrogens is 340 g/mol. The van der Waals surface area contributed by atoms with Crippen LogP contribution in [0.1, 0.15) is 48.6 Å². The minimum absolute atomic E-state index is 0.207. The Labute approximate surface area is 148 Å². The lowest BCUT2D eigenvalue weighted by Gasteiger charge is -2.07. The summed E-state index contributed by atoms with van der Waals surface area (Å²) in [5, 5.41) is 19.5. The predicted octanol–water partition coefficient (Wildman–Crippen LogP) is 3.20. The van der Waals surface area contributed by atoms with E-state index in [0.29, 0.717) is 33.7 Å². The van der Waals surface area contributed by atoms with Crippen molar-refractivity contribution in [3.8, 4) is 6.07 Å². The van der Waals surface area contributed by atoms with Crippen LogP contribution in [0.4, 0.5) is 5.82 Å². The van der Waals surface area contributed by atoms with Gasteiger partial charge in [-0.05, 0) is 25.8 Å². The highest BCUT2D eigenvalue weighted by molar-refractivity contribution is 6.30. The van der Waals surface area contributed by atoms with Gasteiger partial charge in [-0.25, -0.2) is 4.98 Å². The molecule has 1 fully saturated rings. The van der Waals surface area contributed by atoms with Crippen molar-refractivity contribution in [1.82, 2.24) is 19.6 Å². The van der Waals surface area contributed by atoms with Gasteiger partial charge in [0.05, 0.1) is 22.2 Å². The number of carbonyl (C=O) groups is 1. The summed E-state index contributed by atoms with van der Waals surface area (Å²) >= 11 is 6.00. The molecular formula is C17H15ClN6O. The molecule has 8 heteroatoms. The molecule has 126 valence electrons. The molecule has 1 aliphatic carbocycles. The molecule has 1 amide bonds. The van der Waals surface area contributed by atoms with Gasteiger partial charge in [0.15, 0.2) is 11.5 Å². The number of imidazole rings is 1. The summed E-state index contributed by atoms with van der Waals surface area (Å²) < 4.78 is 1.67. The van der Waals surface area contributed by atoms with E-state index >= 15 is 0 Å². The molecule has 0 saturated heterocycles. The van der Waals surface area contributed by atoms with E-state index in [0.717, 1.165) is 18.5 Å². The number of halogens is 1. The molecule has 1 saturated carbocycles. The summed E-state index contributed by atoms with van der Waals surface area (Å²) in [6.07, 6.45) is 5.70. The molecule has 1 atom stereocenters. The predicted molar refractivity (Wildman–Crippen MR) is 92.5 cm³/mol. The highest BCUT2D eigenvalue weighted by Gasteiger charge is 2.26. The summed E-state index contributed by atoms with van der Waals surface area (Å²) in [6, 6.07) is 5.50. The number of aromatic amines is 1. The number of hydrogen-bond donors (Lipinski definition) is 2. The summed E-state index contributed by atoms with van der Waals surface area (Å²) in [5.41, 5.74) is 2.48. The van der Waals surface area contributed by atoms with Crippen LogP contribution in [0.2, 0.25) is 5.02 Å². The van der Waals surface area contributed by atoms with Crippen molar-refractivity contribution >= 4 is 29.0 Å². The number of anilines is 1. The Kier molecular flexibility index (Phi) is 3.70. The van der Waals surface area contributed by atoms with E-state index in [1.54, 1.807) is 29.8 Å². The standard InChI is InChI=1S/C17H15ClN6O/c1-9(17(25)21-15-5-13(22-23-15)10-2-3-10)14-8-24-7-12(18)4-11(6-19)16(24)20-14/h4-5,7-10H,2-3H2,1H3,(H2,21,22,23,25)/t9-/m1/s1. The molecule has 3 heterocycles. The lowest BCUT2D eigenvalue weighted by Crippen LogP contribution is -2.19. The van der Waals surface area contributed by atoms with Crippen LogP contribution in [-0.2, 0) is 4.79 Å². The smallest absolute Gasteiger partial charge is 0.234 e. The zero-order valence-corrected chi connectivity index (χ0v) is 14.2. The van der Waals surface area contributed by atoms with Crippen molar-refractivity contribution in [2.45, 2.75) is 31.6 Å². The summed E-state index contributed by atoms with van der Waals surface area (Å²) in [4.78, 5) is 16.9. The molecule has 0 radical (unpaired) electrons. The number of fused-ring (bicyclic) bond motifs is 1. The second-order valence-electron chi connectivity index (χ2n) is 6.27. The average Bonchev–Trinajstić information content (AvgIpc) is 3.19. The molecule has 0 spiro atoms. The molecule has 25 heavy (non-hydrogen) atoms. The van der Waals surface area contributed by atoms with E-state index < -0.39 is 5.92 Å². The maximum atomic E-state index is 12.5. The maximum absolute atomic E-state index is 12.5. The Morgan fingerprint density at radius 2 is 2.28 bits per heavy atom. The summed E-state index contributed by atoms with van der Waals surface area (Å²) in [6.45, 7) is 1.76. The first kappa shape index (κ1) is 15.7. The van der Waals surface area contributed by atoms with Crippen LogP contribution in [0, 0.1) is 11.3 Å². The zero-order valence-electron chi connectivity index (χ0n) is 13.5. The van der Waals surface area contributed by atoms with Crippen LogP contribution in [0.5, 0.6) is 0 Å². The van der Waals surface area contributed by atoms with E-state index in [9.17, 15) is 10.1 Å². The minimum Gasteiger partial charge on any atom is -0.309 e. The van der Waals surface area contributed by atoms with Crippen LogP contribution >= 0.6 is 11.6 Å². The molecule has 3 aromatic rings. The van der Waals surface area contributed by atoms with E-state index in [-0.39, 0.29) is 5.91 Å². The van der Waals surface area contributed by atoms with Crippen LogP contribution in [-0.4, -0.2) is 25.5 Å². The molecule has 7 nitrogen and oxygen atoms in total. The number of carbonyl (C=O) groups excluding carboxylic acids is 1. The third kappa shape index (κ3) is 2.96. The monoisotopic (exact) mass is 354 g/mol. The minimum atomic E-state index is -0.494. The van der Waals surface area contributed by atoms with Gasteiger partial charge in [0.25, 0.3) is 0 Å². The van der Waals surface area contributed by atoms with Crippen LogP contribution < -0.4 is 5.32 Å². The van der Waals surface area contributed by atoms with E-state index in [4.69, 9.17) is 11.6 Å². The average molecular weight is 355 g/mol. The summed E-state index contributed by atoms with van der Waals surface area (Å²) in [5.74, 6) is 0.361. The van der Waals surface area contributed by atoms with Crippen LogP contribution in [0.15, 0.2) is 24.5 Å². The van der Waals surface area contributed by atoms with E-state index in [1.165, 1.54) is 0 Å². The molecule has 0 aromatic carbocycles. The van der Waals surface area contributed by atoms with Gasteiger partial charge >= 0.3 is 0 Å². The Morgan fingerprint density at radius 3 is 3.00 bits per heavy atom. The van der Waals surface area contributed by atoms with Gasteiger partial charge in [-0.2, -0.15) is 10.4 Å². The van der Waals surface area contributed by atoms with Crippen LogP contribution in [0.3, 0.4) is 0 Å². The SMILES string of the molecule is C[C@@H](C(=O)Nc1cc(C2CC2)[nH]n1)c1cn2cc(Cl)cc(C#N)c2n1. The van der Waals surface area contributed by atoms with E-state index in [2.05, 4.69) is 26.6 Å². The number of pyridine rings is 1. The quantitative estimate of drug-likeness (QED) is 0.751. The largest absolute Gasteiger partial charge is 0.309 e. The fourth-order valence-corrected chi connectivity index (χ4v) is 2.96. The molecule has 3 aromatic heterocycles. The first-order valence-electron chi connectivity index (χ1n) is 7.99. The van der Waals surface area contributed by atoms with Crippen molar-refractivity contribution in [2.75, 3.05) is 5.32 Å². The van der Waals surface area contributed by atoms with Crippen molar-refractivity contribution in [2.24, 2.45) is 0 Å². The van der Waals surface area contributed by atoms with Crippen molar-refractivity contribution in [3.05, 3.63) is 46.5 Å². The van der Waals surface area contributed by atoms with Gasteiger partial charge in [0.2, 0.25) is 5.91 Å². The highest BCUT2D eigenvalue weighted by Crippen LogP contribution is 2.39. The molecule has 0 unspecified atom stereocenters. The Balaban J connectivity index is 1.56. The third-order valence-corrected chi connectivity index (χ3v) is 4.57. The third-order valence-electron chi connectivity index (χ3n) is 4.36. The Hall–Kier alpha value is -2.85. The Morgan fingerprint density at radius 1 is 1.48 bits per heavy atom. The molecule has 0 bridgehead atoms. The van der Waals surface area contributed by atoms with Gasteiger partial charge in [-0.3, -0.25) is 9.89 Å². The second-order valence-corrected chi connectivity index (χ2v) is 6.71. The number of nitriles is 1. The molecule has 0 aliphatic heterocycles. The first-order valence-corrected chi connectivity index (χ1v) is 8.37. The topological polar surface area (TPSA) is 98.9 Å². The maximum Gasteiger partial charge on any atom is 0.234 e. The fourth-order valence-electron chi connectivity index (χ4n) is 2.75. The molecule has 1 aliphatic rings. The van der Waals surface area contributed by atoms with E-state index in [1.807, 2.05) is 6.07 Å². The second kappa shape index (κ2) is 5.90. The highest BCUT2D eigenvalue weighted by atomic mass is 35.5. The Bertz CT molecular complexity index is 1010. The number of nitrogens with one attached hydrogen (secondary N) is 2. The lowest BCUT2D eigenvalue weighted by molar-refractivity contribution is -0.117. The number of aromatic nitrogens is 4. The summed E-state index contributed by atoms with van der Waals surface area (Å²) in [7, 11) is 0. The first-order chi connectivity index (χ1) is 12.0. The lowest BCUT2D eigenvalue weighted by atomic mass is 10.1. The van der Waals surface area contributed by atoms with Crippen molar-refractivity contribution < 1.29 is 4.79 Å². The van der Waals surface area contributed by atoms with Gasteiger partial charge in [-0.15, -0.1) is 0 Å². The molecule has 4 rings (SSSR count). The van der Waals surface area contributed by atoms with Gasteiger partial charge in [0, 0.05) is 30.1 Å². The number of nitrogens with zero attached hydrogens (tertiary/aromatic N) is 4. The van der Waals surface area contributed by atoms with Crippen molar-refractivity contribution in [3.63, 3.8) is 0 Å². The number of H-pyrrole nitrogens is 1. The van der Waals surface area contributed by atoms with Gasteiger partial charge in [-0.1, -0.05) is 11.6 Å². The fraction of sp³-hybridized carbons (Fsp3) is 0.294. The van der Waals surface area contributed by atoms with Gasteiger partial charge in [0.1, 0.15) is 6.07 Å². The van der Waals surface area contributed by atoms with Crippen LogP contribution in [0.25, 0.3) is 5.65 Å². The molecule has 2 N–H and O–H groups in total. The van der Waals surface area contributed by atoms with Crippen molar-refractivity contribution in [1.29, 1.82) is 5.26 Å². The number of hydrogen-bond acceptors (Lipinski definition) is 4. The number of rotatable bonds is 4. The zero-order chi connectivity index (χ0) is 17.6. The number of amides is 1.